The Morgan fingerprint density at radius 1 is 1.60 bits per heavy atom. The van der Waals surface area contributed by atoms with Crippen LogP contribution in [0.2, 0.25) is 0 Å². The van der Waals surface area contributed by atoms with Crippen molar-refractivity contribution >= 4 is 37.6 Å². The first-order chi connectivity index (χ1) is 4.74. The second-order valence-electron chi connectivity index (χ2n) is 1.78. The van der Waals surface area contributed by atoms with Gasteiger partial charge in [-0.3, -0.25) is 4.79 Å². The van der Waals surface area contributed by atoms with Crippen LogP contribution in [0.15, 0.2) is 16.7 Å². The molecule has 0 aliphatic rings. The van der Waals surface area contributed by atoms with E-state index < -0.39 is 0 Å². The monoisotopic (exact) mass is 265 g/mol. The van der Waals surface area contributed by atoms with Gasteiger partial charge >= 0.3 is 0 Å². The van der Waals surface area contributed by atoms with E-state index in [2.05, 4.69) is 36.8 Å². The van der Waals surface area contributed by atoms with E-state index in [1.165, 1.54) is 0 Å². The van der Waals surface area contributed by atoms with Crippen molar-refractivity contribution in [2.75, 3.05) is 5.33 Å². The average molecular weight is 267 g/mol. The molecule has 0 spiro atoms. The summed E-state index contributed by atoms with van der Waals surface area (Å²) in [5, 5.41) is 0.361. The van der Waals surface area contributed by atoms with Crippen LogP contribution < -0.4 is 0 Å². The van der Waals surface area contributed by atoms with E-state index in [0.717, 1.165) is 4.60 Å². The Morgan fingerprint density at radius 3 is 2.70 bits per heavy atom. The Kier molecular flexibility index (Phi) is 2.68. The predicted molar refractivity (Wildman–Crippen MR) is 46.6 cm³/mol. The van der Waals surface area contributed by atoms with Gasteiger partial charge in [-0.15, -0.1) is 0 Å². The van der Waals surface area contributed by atoms with Gasteiger partial charge in [-0.2, -0.15) is 0 Å². The summed E-state index contributed by atoms with van der Waals surface area (Å²) < 4.78 is 0.830. The molecule has 1 heterocycles. The fourth-order valence-electron chi connectivity index (χ4n) is 0.603. The average Bonchev–Trinajstić information content (AvgIpc) is 2.34. The maximum absolute atomic E-state index is 10.9. The quantitative estimate of drug-likeness (QED) is 0.647. The lowest BCUT2D eigenvalue weighted by Gasteiger charge is -1.88. The van der Waals surface area contributed by atoms with Gasteiger partial charge < -0.3 is 4.98 Å². The van der Waals surface area contributed by atoms with Crippen LogP contribution in [0.4, 0.5) is 0 Å². The molecule has 0 aliphatic heterocycles. The molecule has 0 saturated heterocycles. The van der Waals surface area contributed by atoms with E-state index in [1.807, 2.05) is 0 Å². The molecular weight excluding hydrogens is 262 g/mol. The van der Waals surface area contributed by atoms with E-state index >= 15 is 0 Å². The number of carbonyl (C=O) groups excluding carboxylic acids is 1. The third kappa shape index (κ3) is 1.70. The largest absolute Gasteiger partial charge is 0.347 e. The first-order valence-electron chi connectivity index (χ1n) is 2.67. The van der Waals surface area contributed by atoms with Crippen LogP contribution in [0.25, 0.3) is 0 Å². The number of nitrogens with one attached hydrogen (secondary N) is 1. The number of aromatic nitrogens is 1. The predicted octanol–water partition coefficient (Wildman–Crippen LogP) is 2.35. The number of rotatable bonds is 2. The highest BCUT2D eigenvalue weighted by Crippen LogP contribution is 2.09. The lowest BCUT2D eigenvalue weighted by atomic mass is 10.3. The highest BCUT2D eigenvalue weighted by atomic mass is 79.9. The number of aromatic amines is 1. The number of H-pyrrole nitrogens is 1. The van der Waals surface area contributed by atoms with Gasteiger partial charge in [0, 0.05) is 0 Å². The van der Waals surface area contributed by atoms with Gasteiger partial charge in [0.15, 0.2) is 5.78 Å². The maximum Gasteiger partial charge on any atom is 0.189 e. The molecule has 0 atom stereocenters. The van der Waals surface area contributed by atoms with Crippen LogP contribution in [-0.2, 0) is 0 Å². The summed E-state index contributed by atoms with van der Waals surface area (Å²) in [4.78, 5) is 13.8. The minimum atomic E-state index is 0.0608. The Morgan fingerprint density at radius 2 is 2.30 bits per heavy atom. The van der Waals surface area contributed by atoms with E-state index in [0.29, 0.717) is 11.0 Å². The summed E-state index contributed by atoms with van der Waals surface area (Å²) in [7, 11) is 0. The molecule has 1 aromatic heterocycles. The number of carbonyl (C=O) groups is 1. The Balaban J connectivity index is 2.85. The molecule has 0 amide bonds. The van der Waals surface area contributed by atoms with Crippen LogP contribution >= 0.6 is 31.9 Å². The zero-order chi connectivity index (χ0) is 7.56. The lowest BCUT2D eigenvalue weighted by molar-refractivity contribution is 0.101. The molecule has 1 aromatic rings. The van der Waals surface area contributed by atoms with Crippen molar-refractivity contribution in [1.82, 2.24) is 4.98 Å². The molecule has 0 fully saturated rings. The topological polar surface area (TPSA) is 32.9 Å². The third-order valence-electron chi connectivity index (χ3n) is 1.07. The van der Waals surface area contributed by atoms with Crippen molar-refractivity contribution in [3.8, 4) is 0 Å². The SMILES string of the molecule is O=C(CBr)c1ccc(Br)[nH]1. The van der Waals surface area contributed by atoms with Crippen molar-refractivity contribution < 1.29 is 4.79 Å². The Bertz CT molecular complexity index is 244. The van der Waals surface area contributed by atoms with Gasteiger partial charge in [-0.05, 0) is 28.1 Å². The molecular formula is C6H5Br2NO. The number of alkyl halides is 1. The molecule has 0 unspecified atom stereocenters. The van der Waals surface area contributed by atoms with Gasteiger partial charge in [-0.25, -0.2) is 0 Å². The second-order valence-corrected chi connectivity index (χ2v) is 3.19. The smallest absolute Gasteiger partial charge is 0.189 e. The van der Waals surface area contributed by atoms with Crippen LogP contribution in [-0.4, -0.2) is 16.1 Å². The summed E-state index contributed by atoms with van der Waals surface area (Å²) in [5.74, 6) is 0.0608. The zero-order valence-electron chi connectivity index (χ0n) is 5.03. The van der Waals surface area contributed by atoms with Crippen molar-refractivity contribution in [2.24, 2.45) is 0 Å². The standard InChI is InChI=1S/C6H5Br2NO/c7-3-5(10)4-1-2-6(8)9-4/h1-2,9H,3H2. The summed E-state index contributed by atoms with van der Waals surface area (Å²) in [6.45, 7) is 0. The summed E-state index contributed by atoms with van der Waals surface area (Å²) >= 11 is 6.28. The molecule has 1 rings (SSSR count). The summed E-state index contributed by atoms with van der Waals surface area (Å²) in [6, 6.07) is 3.55. The molecule has 0 aliphatic carbocycles. The molecule has 0 radical (unpaired) electrons. The minimum Gasteiger partial charge on any atom is -0.347 e. The molecule has 10 heavy (non-hydrogen) atoms. The van der Waals surface area contributed by atoms with Crippen molar-refractivity contribution in [3.63, 3.8) is 0 Å². The van der Waals surface area contributed by atoms with Crippen LogP contribution in [0.1, 0.15) is 10.5 Å². The zero-order valence-corrected chi connectivity index (χ0v) is 8.20. The minimum absolute atomic E-state index is 0.0608. The number of Topliss-reactive ketones (excluding diaryl/α,β-unsaturated/α-hetero) is 1. The normalized spacial score (nSPS) is 9.80. The van der Waals surface area contributed by atoms with Crippen molar-refractivity contribution in [1.29, 1.82) is 0 Å². The maximum atomic E-state index is 10.9. The first-order valence-corrected chi connectivity index (χ1v) is 4.59. The number of halogens is 2. The van der Waals surface area contributed by atoms with Crippen molar-refractivity contribution in [3.05, 3.63) is 22.4 Å². The molecule has 2 nitrogen and oxygen atoms in total. The second kappa shape index (κ2) is 3.34. The van der Waals surface area contributed by atoms with E-state index in [9.17, 15) is 4.79 Å². The molecule has 0 aromatic carbocycles. The first kappa shape index (κ1) is 8.01. The van der Waals surface area contributed by atoms with Gasteiger partial charge in [0.2, 0.25) is 0 Å². The Labute approximate surface area is 75.3 Å². The third-order valence-corrected chi connectivity index (χ3v) is 2.04. The molecule has 1 N–H and O–H groups in total. The van der Waals surface area contributed by atoms with E-state index in [-0.39, 0.29) is 5.78 Å². The Hall–Kier alpha value is -0.0900. The fraction of sp³-hybridized carbons (Fsp3) is 0.167. The fourth-order valence-corrected chi connectivity index (χ4v) is 1.25. The van der Waals surface area contributed by atoms with Gasteiger partial charge in [0.05, 0.1) is 15.6 Å². The summed E-state index contributed by atoms with van der Waals surface area (Å²) in [6.07, 6.45) is 0. The number of ketones is 1. The van der Waals surface area contributed by atoms with Gasteiger partial charge in [0.25, 0.3) is 0 Å². The molecule has 0 bridgehead atoms. The van der Waals surface area contributed by atoms with Crippen LogP contribution in [0, 0.1) is 0 Å². The molecule has 54 valence electrons. The van der Waals surface area contributed by atoms with E-state index in [1.54, 1.807) is 12.1 Å². The van der Waals surface area contributed by atoms with Gasteiger partial charge in [-0.1, -0.05) is 15.9 Å². The number of hydrogen-bond acceptors (Lipinski definition) is 1. The molecule has 4 heteroatoms. The lowest BCUT2D eigenvalue weighted by Crippen LogP contribution is -1.99. The highest BCUT2D eigenvalue weighted by Gasteiger charge is 2.04. The van der Waals surface area contributed by atoms with Gasteiger partial charge in [0.1, 0.15) is 0 Å². The van der Waals surface area contributed by atoms with Crippen molar-refractivity contribution in [2.45, 2.75) is 0 Å². The van der Waals surface area contributed by atoms with Crippen LogP contribution in [0.5, 0.6) is 0 Å². The summed E-state index contributed by atoms with van der Waals surface area (Å²) in [5.41, 5.74) is 0.628. The van der Waals surface area contributed by atoms with E-state index in [4.69, 9.17) is 0 Å². The highest BCUT2D eigenvalue weighted by molar-refractivity contribution is 9.10. The van der Waals surface area contributed by atoms with Crippen LogP contribution in [0.3, 0.4) is 0 Å². The molecule has 0 saturated carbocycles. The number of hydrogen-bond donors (Lipinski definition) is 1.